The number of rotatable bonds is 4. The molecular formula is C14H17ClN2O. The largest absolute Gasteiger partial charge is 0.340 e. The molecule has 1 aromatic carbocycles. The lowest BCUT2D eigenvalue weighted by Gasteiger charge is -2.26. The summed E-state index contributed by atoms with van der Waals surface area (Å²) in [5, 5.41) is 9.74. The fourth-order valence-corrected chi connectivity index (χ4v) is 1.89. The Morgan fingerprint density at radius 1 is 1.56 bits per heavy atom. The normalized spacial score (nSPS) is 13.5. The molecule has 4 heteroatoms. The van der Waals surface area contributed by atoms with Crippen molar-refractivity contribution in [2.24, 2.45) is 5.41 Å². The van der Waals surface area contributed by atoms with Crippen molar-refractivity contribution in [1.82, 2.24) is 4.90 Å². The fourth-order valence-electron chi connectivity index (χ4n) is 1.68. The summed E-state index contributed by atoms with van der Waals surface area (Å²) in [4.78, 5) is 13.8. The highest BCUT2D eigenvalue weighted by atomic mass is 35.5. The van der Waals surface area contributed by atoms with E-state index in [0.717, 1.165) is 5.56 Å². The van der Waals surface area contributed by atoms with Gasteiger partial charge in [-0.2, -0.15) is 5.26 Å². The van der Waals surface area contributed by atoms with Crippen molar-refractivity contribution < 1.29 is 4.79 Å². The van der Waals surface area contributed by atoms with Crippen LogP contribution in [0.3, 0.4) is 0 Å². The summed E-state index contributed by atoms with van der Waals surface area (Å²) >= 11 is 5.90. The van der Waals surface area contributed by atoms with Crippen molar-refractivity contribution in [2.75, 3.05) is 7.05 Å². The second-order valence-electron chi connectivity index (χ2n) is 4.59. The Labute approximate surface area is 113 Å². The summed E-state index contributed by atoms with van der Waals surface area (Å²) in [5.41, 5.74) is 0.00240. The first-order valence-electron chi connectivity index (χ1n) is 5.84. The van der Waals surface area contributed by atoms with Crippen molar-refractivity contribution >= 4 is 17.5 Å². The first-order chi connectivity index (χ1) is 8.42. The molecule has 0 heterocycles. The maximum Gasteiger partial charge on any atom is 0.242 e. The molecule has 1 unspecified atom stereocenters. The molecular weight excluding hydrogens is 248 g/mol. The Morgan fingerprint density at radius 3 is 2.72 bits per heavy atom. The van der Waals surface area contributed by atoms with Gasteiger partial charge in [-0.1, -0.05) is 30.7 Å². The van der Waals surface area contributed by atoms with Crippen molar-refractivity contribution in [1.29, 1.82) is 5.26 Å². The number of carbonyl (C=O) groups is 1. The van der Waals surface area contributed by atoms with E-state index in [0.29, 0.717) is 18.0 Å². The van der Waals surface area contributed by atoms with Gasteiger partial charge in [-0.15, -0.1) is 0 Å². The third-order valence-corrected chi connectivity index (χ3v) is 3.32. The molecule has 0 bridgehead atoms. The van der Waals surface area contributed by atoms with Gasteiger partial charge >= 0.3 is 0 Å². The SMILES string of the molecule is CCC(C)(C#N)C(=O)N(C)Cc1cccc(Cl)c1. The molecule has 1 aromatic rings. The number of hydrogen-bond donors (Lipinski definition) is 0. The van der Waals surface area contributed by atoms with E-state index in [-0.39, 0.29) is 5.91 Å². The maximum atomic E-state index is 12.2. The van der Waals surface area contributed by atoms with Crippen LogP contribution in [0.2, 0.25) is 5.02 Å². The zero-order valence-corrected chi connectivity index (χ0v) is 11.7. The van der Waals surface area contributed by atoms with Gasteiger partial charge in [-0.05, 0) is 31.0 Å². The molecule has 0 radical (unpaired) electrons. The van der Waals surface area contributed by atoms with Gasteiger partial charge in [0.05, 0.1) is 6.07 Å². The topological polar surface area (TPSA) is 44.1 Å². The van der Waals surface area contributed by atoms with Crippen LogP contribution in [-0.2, 0) is 11.3 Å². The average Bonchev–Trinajstić information content (AvgIpc) is 2.37. The molecule has 0 fully saturated rings. The highest BCUT2D eigenvalue weighted by Crippen LogP contribution is 2.23. The minimum Gasteiger partial charge on any atom is -0.340 e. The van der Waals surface area contributed by atoms with Gasteiger partial charge in [0.1, 0.15) is 5.41 Å². The maximum absolute atomic E-state index is 12.2. The summed E-state index contributed by atoms with van der Waals surface area (Å²) in [6.45, 7) is 3.97. The van der Waals surface area contributed by atoms with E-state index < -0.39 is 5.41 Å². The molecule has 0 N–H and O–H groups in total. The van der Waals surface area contributed by atoms with Gasteiger partial charge in [0, 0.05) is 18.6 Å². The van der Waals surface area contributed by atoms with Crippen LogP contribution in [0.25, 0.3) is 0 Å². The van der Waals surface area contributed by atoms with Crippen molar-refractivity contribution in [3.63, 3.8) is 0 Å². The van der Waals surface area contributed by atoms with Crippen LogP contribution in [0, 0.1) is 16.7 Å². The van der Waals surface area contributed by atoms with Gasteiger partial charge < -0.3 is 4.90 Å². The lowest BCUT2D eigenvalue weighted by atomic mass is 9.88. The summed E-state index contributed by atoms with van der Waals surface area (Å²) in [6.07, 6.45) is 0.502. The lowest BCUT2D eigenvalue weighted by molar-refractivity contribution is -0.137. The number of hydrogen-bond acceptors (Lipinski definition) is 2. The lowest BCUT2D eigenvalue weighted by Crippen LogP contribution is -2.38. The quantitative estimate of drug-likeness (QED) is 0.838. The van der Waals surface area contributed by atoms with Crippen LogP contribution >= 0.6 is 11.6 Å². The number of nitriles is 1. The van der Waals surface area contributed by atoms with Crippen LogP contribution in [0.15, 0.2) is 24.3 Å². The Hall–Kier alpha value is -1.53. The molecule has 0 saturated heterocycles. The van der Waals surface area contributed by atoms with E-state index in [1.165, 1.54) is 0 Å². The van der Waals surface area contributed by atoms with Crippen molar-refractivity contribution in [3.8, 4) is 6.07 Å². The van der Waals surface area contributed by atoms with E-state index in [2.05, 4.69) is 6.07 Å². The van der Waals surface area contributed by atoms with Gasteiger partial charge in [0.15, 0.2) is 0 Å². The zero-order chi connectivity index (χ0) is 13.8. The molecule has 1 rings (SSSR count). The highest BCUT2D eigenvalue weighted by molar-refractivity contribution is 6.30. The van der Waals surface area contributed by atoms with Crippen LogP contribution in [0.4, 0.5) is 0 Å². The van der Waals surface area contributed by atoms with Gasteiger partial charge in [0.2, 0.25) is 5.91 Å². The van der Waals surface area contributed by atoms with E-state index in [1.54, 1.807) is 24.9 Å². The van der Waals surface area contributed by atoms with Gasteiger partial charge in [-0.3, -0.25) is 4.79 Å². The van der Waals surface area contributed by atoms with E-state index in [4.69, 9.17) is 16.9 Å². The minimum atomic E-state index is -0.951. The first-order valence-corrected chi connectivity index (χ1v) is 6.22. The molecule has 1 atom stereocenters. The Balaban J connectivity index is 2.81. The molecule has 0 aromatic heterocycles. The van der Waals surface area contributed by atoms with E-state index in [1.807, 2.05) is 25.1 Å². The molecule has 18 heavy (non-hydrogen) atoms. The smallest absolute Gasteiger partial charge is 0.242 e. The molecule has 0 aliphatic rings. The van der Waals surface area contributed by atoms with E-state index >= 15 is 0 Å². The van der Waals surface area contributed by atoms with Crippen molar-refractivity contribution in [2.45, 2.75) is 26.8 Å². The molecule has 1 amide bonds. The fraction of sp³-hybridized carbons (Fsp3) is 0.429. The minimum absolute atomic E-state index is 0.160. The Bertz CT molecular complexity index is 481. The number of carbonyl (C=O) groups excluding carboxylic acids is 1. The summed E-state index contributed by atoms with van der Waals surface area (Å²) in [7, 11) is 1.70. The van der Waals surface area contributed by atoms with Gasteiger partial charge in [0.25, 0.3) is 0 Å². The van der Waals surface area contributed by atoms with Crippen LogP contribution in [0.5, 0.6) is 0 Å². The number of nitrogens with zero attached hydrogens (tertiary/aromatic N) is 2. The molecule has 0 aliphatic heterocycles. The predicted octanol–water partition coefficient (Wildman–Crippen LogP) is 3.24. The molecule has 0 spiro atoms. The number of halogens is 1. The van der Waals surface area contributed by atoms with Gasteiger partial charge in [-0.25, -0.2) is 0 Å². The third kappa shape index (κ3) is 3.24. The molecule has 0 saturated carbocycles. The summed E-state index contributed by atoms with van der Waals surface area (Å²) in [6, 6.07) is 9.45. The number of benzene rings is 1. The monoisotopic (exact) mass is 264 g/mol. The van der Waals surface area contributed by atoms with Crippen LogP contribution < -0.4 is 0 Å². The second-order valence-corrected chi connectivity index (χ2v) is 5.03. The first kappa shape index (κ1) is 14.5. The second kappa shape index (κ2) is 5.88. The highest BCUT2D eigenvalue weighted by Gasteiger charge is 2.33. The molecule has 3 nitrogen and oxygen atoms in total. The zero-order valence-electron chi connectivity index (χ0n) is 10.9. The standard InChI is InChI=1S/C14H17ClN2O/c1-4-14(2,10-16)13(18)17(3)9-11-6-5-7-12(15)8-11/h5-8H,4,9H2,1-3H3. The third-order valence-electron chi connectivity index (χ3n) is 3.08. The molecule has 96 valence electrons. The summed E-state index contributed by atoms with van der Waals surface area (Å²) < 4.78 is 0. The van der Waals surface area contributed by atoms with Crippen molar-refractivity contribution in [3.05, 3.63) is 34.9 Å². The molecule has 0 aliphatic carbocycles. The Morgan fingerprint density at radius 2 is 2.22 bits per heavy atom. The van der Waals surface area contributed by atoms with Crippen LogP contribution in [-0.4, -0.2) is 17.9 Å². The predicted molar refractivity (Wildman–Crippen MR) is 71.9 cm³/mol. The Kier molecular flexibility index (Phi) is 4.75. The van der Waals surface area contributed by atoms with E-state index in [9.17, 15) is 4.79 Å². The number of amides is 1. The van der Waals surface area contributed by atoms with Crippen LogP contribution in [0.1, 0.15) is 25.8 Å². The summed E-state index contributed by atoms with van der Waals surface area (Å²) in [5.74, 6) is -0.160. The average molecular weight is 265 g/mol.